The van der Waals surface area contributed by atoms with Crippen molar-refractivity contribution in [2.45, 2.75) is 13.3 Å². The lowest BCUT2D eigenvalue weighted by molar-refractivity contribution is -0.118. The zero-order chi connectivity index (χ0) is 8.69. The summed E-state index contributed by atoms with van der Waals surface area (Å²) in [5, 5.41) is 2.49. The van der Waals surface area contributed by atoms with E-state index < -0.39 is 5.91 Å². The number of primary amides is 1. The zero-order valence-corrected chi connectivity index (χ0v) is 6.46. The molecular weight excluding hydrogens is 144 g/mol. The molecule has 2 amide bonds. The highest BCUT2D eigenvalue weighted by molar-refractivity contribution is 5.87. The fourth-order valence-corrected chi connectivity index (χ4v) is 0.519. The Morgan fingerprint density at radius 2 is 2.18 bits per heavy atom. The summed E-state index contributed by atoms with van der Waals surface area (Å²) in [5.74, 6) is -0.612. The Balaban J connectivity index is 3.39. The van der Waals surface area contributed by atoms with Crippen molar-refractivity contribution in [2.24, 2.45) is 5.73 Å². The van der Waals surface area contributed by atoms with E-state index in [0.717, 1.165) is 0 Å². The van der Waals surface area contributed by atoms with Crippen LogP contribution in [0.2, 0.25) is 0 Å². The predicted molar refractivity (Wildman–Crippen MR) is 41.6 cm³/mol. The van der Waals surface area contributed by atoms with Crippen LogP contribution in [0.3, 0.4) is 0 Å². The molecular formula is C7H12N2O2. The molecule has 0 bridgehead atoms. The first-order valence-electron chi connectivity index (χ1n) is 3.35. The van der Waals surface area contributed by atoms with E-state index in [1.165, 1.54) is 6.08 Å². The number of hydrogen-bond donors (Lipinski definition) is 2. The molecule has 0 aromatic heterocycles. The predicted octanol–water partition coefficient (Wildman–Crippen LogP) is -0.446. The van der Waals surface area contributed by atoms with E-state index in [2.05, 4.69) is 5.32 Å². The Kier molecular flexibility index (Phi) is 4.81. The summed E-state index contributed by atoms with van der Waals surface area (Å²) in [6, 6.07) is 0. The van der Waals surface area contributed by atoms with Gasteiger partial charge in [-0.15, -0.1) is 0 Å². The second-order valence-electron chi connectivity index (χ2n) is 2.01. The molecule has 0 aromatic carbocycles. The minimum atomic E-state index is -0.411. The van der Waals surface area contributed by atoms with Crippen LogP contribution in [-0.2, 0) is 9.59 Å². The zero-order valence-electron chi connectivity index (χ0n) is 6.46. The van der Waals surface area contributed by atoms with Crippen LogP contribution in [0, 0.1) is 0 Å². The summed E-state index contributed by atoms with van der Waals surface area (Å²) < 4.78 is 0. The summed E-state index contributed by atoms with van der Waals surface area (Å²) in [4.78, 5) is 20.9. The molecule has 0 fully saturated rings. The Morgan fingerprint density at radius 3 is 2.64 bits per heavy atom. The fraction of sp³-hybridized carbons (Fsp3) is 0.429. The lowest BCUT2D eigenvalue weighted by atomic mass is 10.4. The fourth-order valence-electron chi connectivity index (χ4n) is 0.519. The highest BCUT2D eigenvalue weighted by Crippen LogP contribution is 1.75. The number of nitrogens with two attached hydrogens (primary N) is 1. The van der Waals surface area contributed by atoms with Crippen LogP contribution in [0.25, 0.3) is 0 Å². The van der Waals surface area contributed by atoms with Gasteiger partial charge in [-0.05, 0) is 13.0 Å². The van der Waals surface area contributed by atoms with Crippen molar-refractivity contribution >= 4 is 11.8 Å². The van der Waals surface area contributed by atoms with Gasteiger partial charge < -0.3 is 11.1 Å². The number of rotatable bonds is 4. The quantitative estimate of drug-likeness (QED) is 0.541. The monoisotopic (exact) mass is 156 g/mol. The molecule has 0 atom stereocenters. The van der Waals surface area contributed by atoms with E-state index in [-0.39, 0.29) is 12.3 Å². The third-order valence-corrected chi connectivity index (χ3v) is 0.989. The molecule has 0 saturated carbocycles. The molecule has 62 valence electrons. The molecule has 0 aliphatic carbocycles. The Labute approximate surface area is 65.5 Å². The van der Waals surface area contributed by atoms with Crippen LogP contribution in [0.4, 0.5) is 0 Å². The third kappa shape index (κ3) is 6.57. The van der Waals surface area contributed by atoms with Gasteiger partial charge in [0.1, 0.15) is 0 Å². The first-order chi connectivity index (χ1) is 5.16. The molecule has 0 radical (unpaired) electrons. The summed E-state index contributed by atoms with van der Waals surface area (Å²) in [6.07, 6.45) is 3.20. The highest BCUT2D eigenvalue weighted by atomic mass is 16.2. The molecule has 0 aliphatic heterocycles. The van der Waals surface area contributed by atoms with Crippen molar-refractivity contribution in [3.8, 4) is 0 Å². The van der Waals surface area contributed by atoms with Gasteiger partial charge in [-0.2, -0.15) is 0 Å². The van der Waals surface area contributed by atoms with Crippen LogP contribution in [0.5, 0.6) is 0 Å². The second-order valence-corrected chi connectivity index (χ2v) is 2.01. The van der Waals surface area contributed by atoms with Gasteiger partial charge in [0.05, 0.1) is 0 Å². The summed E-state index contributed by atoms with van der Waals surface area (Å²) in [7, 11) is 0. The van der Waals surface area contributed by atoms with Crippen LogP contribution in [0.15, 0.2) is 12.2 Å². The summed E-state index contributed by atoms with van der Waals surface area (Å²) in [5.41, 5.74) is 4.84. The average Bonchev–Trinajstić information content (AvgIpc) is 1.87. The van der Waals surface area contributed by atoms with Crippen LogP contribution in [0.1, 0.15) is 13.3 Å². The Hall–Kier alpha value is -1.32. The first-order valence-corrected chi connectivity index (χ1v) is 3.35. The molecule has 0 saturated heterocycles. The molecule has 0 unspecified atom stereocenters. The second kappa shape index (κ2) is 5.46. The molecule has 0 spiro atoms. The SMILES string of the molecule is C/C=C/C(=O)NCCC(N)=O. The smallest absolute Gasteiger partial charge is 0.243 e. The number of nitrogens with one attached hydrogen (secondary N) is 1. The standard InChI is InChI=1S/C7H12N2O2/c1-2-3-7(11)9-5-4-6(8)10/h2-3H,4-5H2,1H3,(H2,8,10)(H,9,11)/b3-2+. The molecule has 11 heavy (non-hydrogen) atoms. The molecule has 4 nitrogen and oxygen atoms in total. The van der Waals surface area contributed by atoms with Crippen LogP contribution in [-0.4, -0.2) is 18.4 Å². The van der Waals surface area contributed by atoms with Gasteiger partial charge in [0.25, 0.3) is 0 Å². The number of carbonyl (C=O) groups is 2. The minimum absolute atomic E-state index is 0.184. The highest BCUT2D eigenvalue weighted by Gasteiger charge is 1.95. The van der Waals surface area contributed by atoms with E-state index in [4.69, 9.17) is 5.73 Å². The van der Waals surface area contributed by atoms with Gasteiger partial charge in [0.2, 0.25) is 11.8 Å². The number of carbonyl (C=O) groups excluding carboxylic acids is 2. The van der Waals surface area contributed by atoms with Crippen molar-refractivity contribution in [3.63, 3.8) is 0 Å². The molecule has 4 heteroatoms. The van der Waals surface area contributed by atoms with Gasteiger partial charge >= 0.3 is 0 Å². The van der Waals surface area contributed by atoms with E-state index in [0.29, 0.717) is 6.54 Å². The number of allylic oxidation sites excluding steroid dienone is 1. The van der Waals surface area contributed by atoms with Gasteiger partial charge in [0.15, 0.2) is 0 Å². The van der Waals surface area contributed by atoms with Crippen molar-refractivity contribution in [1.82, 2.24) is 5.32 Å². The van der Waals surface area contributed by atoms with Crippen molar-refractivity contribution < 1.29 is 9.59 Å². The normalized spacial score (nSPS) is 9.91. The maximum absolute atomic E-state index is 10.7. The van der Waals surface area contributed by atoms with E-state index >= 15 is 0 Å². The van der Waals surface area contributed by atoms with E-state index in [1.807, 2.05) is 0 Å². The Bertz CT molecular complexity index is 175. The topological polar surface area (TPSA) is 72.2 Å². The number of amides is 2. The van der Waals surface area contributed by atoms with Crippen LogP contribution < -0.4 is 11.1 Å². The van der Waals surface area contributed by atoms with Crippen LogP contribution >= 0.6 is 0 Å². The largest absolute Gasteiger partial charge is 0.370 e. The van der Waals surface area contributed by atoms with Gasteiger partial charge in [-0.25, -0.2) is 0 Å². The lowest BCUT2D eigenvalue weighted by Gasteiger charge is -1.97. The van der Waals surface area contributed by atoms with Gasteiger partial charge in [-0.1, -0.05) is 6.08 Å². The number of hydrogen-bond acceptors (Lipinski definition) is 2. The molecule has 0 rings (SSSR count). The third-order valence-electron chi connectivity index (χ3n) is 0.989. The lowest BCUT2D eigenvalue weighted by Crippen LogP contribution is -2.26. The maximum atomic E-state index is 10.7. The molecule has 0 heterocycles. The first kappa shape index (κ1) is 9.68. The molecule has 0 aromatic rings. The van der Waals surface area contributed by atoms with Crippen molar-refractivity contribution in [1.29, 1.82) is 0 Å². The van der Waals surface area contributed by atoms with E-state index in [1.54, 1.807) is 13.0 Å². The summed E-state index contributed by atoms with van der Waals surface area (Å²) >= 11 is 0. The summed E-state index contributed by atoms with van der Waals surface area (Å²) in [6.45, 7) is 2.05. The Morgan fingerprint density at radius 1 is 1.55 bits per heavy atom. The van der Waals surface area contributed by atoms with Gasteiger partial charge in [-0.3, -0.25) is 9.59 Å². The minimum Gasteiger partial charge on any atom is -0.370 e. The molecule has 3 N–H and O–H groups in total. The van der Waals surface area contributed by atoms with E-state index in [9.17, 15) is 9.59 Å². The van der Waals surface area contributed by atoms with Crippen molar-refractivity contribution in [2.75, 3.05) is 6.54 Å². The molecule has 0 aliphatic rings. The van der Waals surface area contributed by atoms with Gasteiger partial charge in [0, 0.05) is 13.0 Å². The average molecular weight is 156 g/mol. The maximum Gasteiger partial charge on any atom is 0.243 e. The van der Waals surface area contributed by atoms with Crippen molar-refractivity contribution in [3.05, 3.63) is 12.2 Å².